The lowest BCUT2D eigenvalue weighted by atomic mass is 10.1. The Hall–Kier alpha value is -1.64. The Kier molecular flexibility index (Phi) is 12.6. The number of ether oxygens (including phenoxy) is 1. The van der Waals surface area contributed by atoms with Crippen molar-refractivity contribution >= 4 is 29.9 Å². The number of halogens is 1. The molecule has 0 aromatic heterocycles. The van der Waals surface area contributed by atoms with Crippen molar-refractivity contribution in [2.24, 2.45) is 4.99 Å². The lowest BCUT2D eigenvalue weighted by Crippen LogP contribution is -2.39. The van der Waals surface area contributed by atoms with Gasteiger partial charge < -0.3 is 15.4 Å². The van der Waals surface area contributed by atoms with Crippen molar-refractivity contribution in [3.8, 4) is 0 Å². The third-order valence-corrected chi connectivity index (χ3v) is 4.87. The second kappa shape index (κ2) is 14.4. The molecule has 0 spiro atoms. The van der Waals surface area contributed by atoms with Crippen molar-refractivity contribution in [3.63, 3.8) is 0 Å². The van der Waals surface area contributed by atoms with Crippen LogP contribution in [0, 0.1) is 0 Å². The van der Waals surface area contributed by atoms with Crippen LogP contribution >= 0.6 is 24.0 Å². The van der Waals surface area contributed by atoms with E-state index < -0.39 is 0 Å². The van der Waals surface area contributed by atoms with Crippen LogP contribution in [0.1, 0.15) is 30.0 Å². The molecule has 5 nitrogen and oxygen atoms in total. The Morgan fingerprint density at radius 1 is 1.03 bits per heavy atom. The second-order valence-electron chi connectivity index (χ2n) is 7.14. The highest BCUT2D eigenvalue weighted by Crippen LogP contribution is 2.08. The molecule has 0 aliphatic rings. The second-order valence-corrected chi connectivity index (χ2v) is 7.14. The van der Waals surface area contributed by atoms with Gasteiger partial charge in [0.15, 0.2) is 5.96 Å². The molecule has 0 saturated carbocycles. The number of rotatable bonds is 10. The molecule has 2 rings (SSSR count). The summed E-state index contributed by atoms with van der Waals surface area (Å²) in [6.07, 6.45) is 1.05. The summed E-state index contributed by atoms with van der Waals surface area (Å²) in [6.45, 7) is 5.48. The van der Waals surface area contributed by atoms with E-state index in [4.69, 9.17) is 4.74 Å². The van der Waals surface area contributed by atoms with Crippen LogP contribution in [0.5, 0.6) is 0 Å². The highest BCUT2D eigenvalue weighted by molar-refractivity contribution is 14.0. The molecule has 2 aromatic carbocycles. The molecule has 0 aliphatic heterocycles. The van der Waals surface area contributed by atoms with Gasteiger partial charge in [0.2, 0.25) is 0 Å². The molecule has 29 heavy (non-hydrogen) atoms. The molecule has 1 unspecified atom stereocenters. The topological polar surface area (TPSA) is 48.9 Å². The predicted molar refractivity (Wildman–Crippen MR) is 133 cm³/mol. The minimum Gasteiger partial charge on any atom is -0.380 e. The summed E-state index contributed by atoms with van der Waals surface area (Å²) in [5, 5.41) is 6.80. The van der Waals surface area contributed by atoms with Gasteiger partial charge in [-0.25, -0.2) is 0 Å². The Balaban J connectivity index is 0.00000420. The van der Waals surface area contributed by atoms with Crippen LogP contribution < -0.4 is 10.6 Å². The largest absolute Gasteiger partial charge is 0.380 e. The van der Waals surface area contributed by atoms with Gasteiger partial charge in [0.25, 0.3) is 0 Å². The maximum atomic E-state index is 5.20. The zero-order valence-corrected chi connectivity index (χ0v) is 20.4. The molecule has 0 heterocycles. The molecule has 160 valence electrons. The molecule has 2 aromatic rings. The third kappa shape index (κ3) is 9.60. The first-order valence-electron chi connectivity index (χ1n) is 9.87. The van der Waals surface area contributed by atoms with E-state index in [-0.39, 0.29) is 24.0 Å². The van der Waals surface area contributed by atoms with Crippen LogP contribution in [0.4, 0.5) is 0 Å². The first-order chi connectivity index (χ1) is 13.6. The standard InChI is InChI=1S/C23H34N4O.HI/c1-19(27(3)17-20-9-6-5-7-10-20)13-14-25-23(24-2)26-16-21-11-8-12-22(15-21)18-28-4;/h5-12,15,19H,13-14,16-18H2,1-4H3,(H2,24,25,26);1H. The number of nitrogens with zero attached hydrogens (tertiary/aromatic N) is 2. The molecule has 0 saturated heterocycles. The van der Waals surface area contributed by atoms with E-state index in [9.17, 15) is 0 Å². The number of benzene rings is 2. The van der Waals surface area contributed by atoms with Gasteiger partial charge in [0, 0.05) is 39.8 Å². The van der Waals surface area contributed by atoms with Crippen molar-refractivity contribution in [2.75, 3.05) is 27.7 Å². The predicted octanol–water partition coefficient (Wildman–Crippen LogP) is 4.03. The van der Waals surface area contributed by atoms with E-state index >= 15 is 0 Å². The number of guanidine groups is 1. The SMILES string of the molecule is CN=C(NCCC(C)N(C)Cc1ccccc1)NCc1cccc(COC)c1.I. The first kappa shape index (κ1) is 25.4. The average Bonchev–Trinajstić information content (AvgIpc) is 2.71. The monoisotopic (exact) mass is 510 g/mol. The highest BCUT2D eigenvalue weighted by Gasteiger charge is 2.09. The summed E-state index contributed by atoms with van der Waals surface area (Å²) < 4.78 is 5.20. The maximum absolute atomic E-state index is 5.20. The fourth-order valence-electron chi connectivity index (χ4n) is 3.05. The normalized spacial score (nSPS) is 12.4. The van der Waals surface area contributed by atoms with Gasteiger partial charge in [0.1, 0.15) is 0 Å². The number of hydrogen-bond donors (Lipinski definition) is 2. The quantitative estimate of drug-likeness (QED) is 0.288. The van der Waals surface area contributed by atoms with Crippen molar-refractivity contribution in [1.82, 2.24) is 15.5 Å². The number of nitrogens with one attached hydrogen (secondary N) is 2. The molecule has 0 radical (unpaired) electrons. The van der Waals surface area contributed by atoms with E-state index in [0.29, 0.717) is 12.6 Å². The van der Waals surface area contributed by atoms with Crippen LogP contribution in [0.2, 0.25) is 0 Å². The summed E-state index contributed by atoms with van der Waals surface area (Å²) >= 11 is 0. The molecule has 0 aliphatic carbocycles. The van der Waals surface area contributed by atoms with Gasteiger partial charge in [-0.3, -0.25) is 9.89 Å². The molecule has 0 fully saturated rings. The summed E-state index contributed by atoms with van der Waals surface area (Å²) in [6, 6.07) is 19.5. The van der Waals surface area contributed by atoms with E-state index in [0.717, 1.165) is 32.0 Å². The lowest BCUT2D eigenvalue weighted by Gasteiger charge is -2.25. The molecular weight excluding hydrogens is 475 g/mol. The Morgan fingerprint density at radius 2 is 1.72 bits per heavy atom. The summed E-state index contributed by atoms with van der Waals surface area (Å²) in [5.41, 5.74) is 3.74. The van der Waals surface area contributed by atoms with Gasteiger partial charge in [-0.1, -0.05) is 54.6 Å². The lowest BCUT2D eigenvalue weighted by molar-refractivity contribution is 0.185. The van der Waals surface area contributed by atoms with Gasteiger partial charge in [0.05, 0.1) is 6.61 Å². The van der Waals surface area contributed by atoms with Gasteiger partial charge >= 0.3 is 0 Å². The van der Waals surface area contributed by atoms with Crippen molar-refractivity contribution in [1.29, 1.82) is 0 Å². The summed E-state index contributed by atoms with van der Waals surface area (Å²) in [4.78, 5) is 6.71. The molecule has 6 heteroatoms. The van der Waals surface area contributed by atoms with E-state index in [1.807, 2.05) is 7.05 Å². The zero-order valence-electron chi connectivity index (χ0n) is 18.0. The molecule has 1 atom stereocenters. The van der Waals surface area contributed by atoms with Crippen molar-refractivity contribution in [2.45, 2.75) is 39.1 Å². The average molecular weight is 510 g/mol. The Bertz CT molecular complexity index is 724. The first-order valence-corrected chi connectivity index (χ1v) is 9.87. The summed E-state index contributed by atoms with van der Waals surface area (Å²) in [7, 11) is 5.70. The Labute approximate surface area is 193 Å². The van der Waals surface area contributed by atoms with Gasteiger partial charge in [-0.05, 0) is 37.1 Å². The number of aliphatic imine (C=N–C) groups is 1. The van der Waals surface area contributed by atoms with Crippen LogP contribution in [-0.4, -0.2) is 44.7 Å². The molecule has 0 bridgehead atoms. The fraction of sp³-hybridized carbons (Fsp3) is 0.435. The minimum absolute atomic E-state index is 0. The molecular formula is C23H35IN4O. The maximum Gasteiger partial charge on any atom is 0.191 e. The number of methoxy groups -OCH3 is 1. The van der Waals surface area contributed by atoms with Crippen molar-refractivity contribution in [3.05, 3.63) is 71.3 Å². The molecule has 2 N–H and O–H groups in total. The molecule has 0 amide bonds. The van der Waals surface area contributed by atoms with Crippen LogP contribution in [-0.2, 0) is 24.4 Å². The number of hydrogen-bond acceptors (Lipinski definition) is 3. The van der Waals surface area contributed by atoms with Gasteiger partial charge in [-0.2, -0.15) is 0 Å². The fourth-order valence-corrected chi connectivity index (χ4v) is 3.05. The van der Waals surface area contributed by atoms with Crippen LogP contribution in [0.25, 0.3) is 0 Å². The smallest absolute Gasteiger partial charge is 0.191 e. The van der Waals surface area contributed by atoms with Crippen LogP contribution in [0.3, 0.4) is 0 Å². The summed E-state index contributed by atoms with van der Waals surface area (Å²) in [5.74, 6) is 0.829. The Morgan fingerprint density at radius 3 is 2.41 bits per heavy atom. The van der Waals surface area contributed by atoms with Gasteiger partial charge in [-0.15, -0.1) is 24.0 Å². The van der Waals surface area contributed by atoms with Crippen LogP contribution in [0.15, 0.2) is 59.6 Å². The van der Waals surface area contributed by atoms with E-state index in [1.54, 1.807) is 7.11 Å². The third-order valence-electron chi connectivity index (χ3n) is 4.87. The highest BCUT2D eigenvalue weighted by atomic mass is 127. The van der Waals surface area contributed by atoms with E-state index in [2.05, 4.69) is 89.1 Å². The van der Waals surface area contributed by atoms with Crippen molar-refractivity contribution < 1.29 is 4.74 Å². The van der Waals surface area contributed by atoms with E-state index in [1.165, 1.54) is 16.7 Å². The minimum atomic E-state index is 0. The zero-order chi connectivity index (χ0) is 20.2.